The largest absolute Gasteiger partial charge is 0.493 e. The lowest BCUT2D eigenvalue weighted by Gasteiger charge is -2.13. The molecule has 168 valence electrons. The summed E-state index contributed by atoms with van der Waals surface area (Å²) in [5.41, 5.74) is 3.20. The van der Waals surface area contributed by atoms with Crippen molar-refractivity contribution in [3.63, 3.8) is 0 Å². The molecule has 1 aromatic heterocycles. The van der Waals surface area contributed by atoms with E-state index in [4.69, 9.17) is 21.1 Å². The van der Waals surface area contributed by atoms with Gasteiger partial charge in [-0.1, -0.05) is 57.4 Å². The van der Waals surface area contributed by atoms with Gasteiger partial charge in [-0.15, -0.1) is 0 Å². The van der Waals surface area contributed by atoms with Crippen LogP contribution in [0, 0.1) is 13.8 Å². The molecule has 4 aromatic rings. The molecule has 0 aliphatic carbocycles. The first-order chi connectivity index (χ1) is 15.9. The van der Waals surface area contributed by atoms with Crippen molar-refractivity contribution in [3.8, 4) is 11.5 Å². The highest BCUT2D eigenvalue weighted by atomic mass is 79.9. The number of benzene rings is 3. The first-order valence-corrected chi connectivity index (χ1v) is 11.3. The highest BCUT2D eigenvalue weighted by molar-refractivity contribution is 9.10. The zero-order chi connectivity index (χ0) is 23.5. The van der Waals surface area contributed by atoms with E-state index in [9.17, 15) is 4.79 Å². The van der Waals surface area contributed by atoms with E-state index in [0.717, 1.165) is 15.6 Å². The molecule has 0 aliphatic rings. The lowest BCUT2D eigenvalue weighted by Crippen LogP contribution is -2.20. The van der Waals surface area contributed by atoms with Gasteiger partial charge in [0.2, 0.25) is 0 Å². The SMILES string of the molecule is COc1cc(C=Nn2c(C)nc3ccc(Br)cc3c2=O)cc(Cl)c1OCc1cccc(C)c1. The molecule has 0 bridgehead atoms. The van der Waals surface area contributed by atoms with Gasteiger partial charge in [0.15, 0.2) is 11.5 Å². The number of ether oxygens (including phenoxy) is 2. The zero-order valence-electron chi connectivity index (χ0n) is 18.3. The summed E-state index contributed by atoms with van der Waals surface area (Å²) >= 11 is 9.89. The molecule has 33 heavy (non-hydrogen) atoms. The second-order valence-electron chi connectivity index (χ2n) is 7.49. The summed E-state index contributed by atoms with van der Waals surface area (Å²) in [4.78, 5) is 17.4. The van der Waals surface area contributed by atoms with E-state index in [2.05, 4.69) is 32.1 Å². The summed E-state index contributed by atoms with van der Waals surface area (Å²) in [6.45, 7) is 4.12. The van der Waals surface area contributed by atoms with Gasteiger partial charge in [0.25, 0.3) is 5.56 Å². The molecule has 4 rings (SSSR count). The highest BCUT2D eigenvalue weighted by Gasteiger charge is 2.13. The Morgan fingerprint density at radius 2 is 1.97 bits per heavy atom. The van der Waals surface area contributed by atoms with Crippen LogP contribution >= 0.6 is 27.5 Å². The Kier molecular flexibility index (Phi) is 6.81. The van der Waals surface area contributed by atoms with E-state index >= 15 is 0 Å². The fourth-order valence-electron chi connectivity index (χ4n) is 3.43. The lowest BCUT2D eigenvalue weighted by molar-refractivity contribution is 0.284. The Morgan fingerprint density at radius 3 is 2.73 bits per heavy atom. The Labute approximate surface area is 204 Å². The maximum atomic E-state index is 12.9. The number of halogens is 2. The second kappa shape index (κ2) is 9.77. The summed E-state index contributed by atoms with van der Waals surface area (Å²) in [6.07, 6.45) is 1.54. The number of fused-ring (bicyclic) bond motifs is 1. The molecule has 0 fully saturated rings. The van der Waals surface area contributed by atoms with Gasteiger partial charge in [-0.05, 0) is 55.3 Å². The topological polar surface area (TPSA) is 65.7 Å². The van der Waals surface area contributed by atoms with E-state index in [0.29, 0.717) is 45.4 Å². The van der Waals surface area contributed by atoms with Crippen molar-refractivity contribution in [2.75, 3.05) is 7.11 Å². The van der Waals surface area contributed by atoms with Crippen molar-refractivity contribution < 1.29 is 9.47 Å². The average molecular weight is 527 g/mol. The molecular weight excluding hydrogens is 506 g/mol. The number of aromatic nitrogens is 2. The first kappa shape index (κ1) is 23.0. The monoisotopic (exact) mass is 525 g/mol. The predicted molar refractivity (Wildman–Crippen MR) is 135 cm³/mol. The second-order valence-corrected chi connectivity index (χ2v) is 8.82. The molecular formula is C25H21BrClN3O3. The Morgan fingerprint density at radius 1 is 1.15 bits per heavy atom. The average Bonchev–Trinajstić information content (AvgIpc) is 2.78. The maximum absolute atomic E-state index is 12.9. The molecule has 0 atom stereocenters. The zero-order valence-corrected chi connectivity index (χ0v) is 20.6. The van der Waals surface area contributed by atoms with Crippen molar-refractivity contribution >= 4 is 44.6 Å². The van der Waals surface area contributed by atoms with Crippen LogP contribution in [0.3, 0.4) is 0 Å². The van der Waals surface area contributed by atoms with Crippen molar-refractivity contribution in [1.82, 2.24) is 9.66 Å². The quantitative estimate of drug-likeness (QED) is 0.294. The third-order valence-corrected chi connectivity index (χ3v) is 5.78. The minimum Gasteiger partial charge on any atom is -0.493 e. The third kappa shape index (κ3) is 5.10. The summed E-state index contributed by atoms with van der Waals surface area (Å²) in [5, 5.41) is 5.21. The first-order valence-electron chi connectivity index (χ1n) is 10.1. The standard InChI is InChI=1S/C25H21BrClN3O3/c1-15-5-4-6-17(9-15)14-33-24-21(27)10-18(11-23(24)32-3)13-28-30-16(2)29-22-8-7-19(26)12-20(22)25(30)31/h4-13H,14H2,1-3H3. The van der Waals surface area contributed by atoms with Gasteiger partial charge in [0.1, 0.15) is 12.4 Å². The van der Waals surface area contributed by atoms with Crippen LogP contribution in [0.2, 0.25) is 5.02 Å². The summed E-state index contributed by atoms with van der Waals surface area (Å²) < 4.78 is 13.5. The fourth-order valence-corrected chi connectivity index (χ4v) is 4.07. The number of rotatable bonds is 6. The fraction of sp³-hybridized carbons (Fsp3) is 0.160. The molecule has 8 heteroatoms. The van der Waals surface area contributed by atoms with Crippen molar-refractivity contribution in [2.24, 2.45) is 5.10 Å². The number of nitrogens with zero attached hydrogens (tertiary/aromatic N) is 3. The van der Waals surface area contributed by atoms with E-state index in [1.165, 1.54) is 4.68 Å². The van der Waals surface area contributed by atoms with Crippen LogP contribution in [0.4, 0.5) is 0 Å². The minimum absolute atomic E-state index is 0.258. The number of hydrogen-bond acceptors (Lipinski definition) is 5. The van der Waals surface area contributed by atoms with Gasteiger partial charge in [0.05, 0.1) is 29.2 Å². The van der Waals surface area contributed by atoms with Gasteiger partial charge in [-0.2, -0.15) is 9.78 Å². The van der Waals surface area contributed by atoms with Crippen molar-refractivity contribution in [2.45, 2.75) is 20.5 Å². The molecule has 6 nitrogen and oxygen atoms in total. The lowest BCUT2D eigenvalue weighted by atomic mass is 10.1. The van der Waals surface area contributed by atoms with E-state index in [1.54, 1.807) is 44.5 Å². The van der Waals surface area contributed by atoms with Crippen LogP contribution in [0.15, 0.2) is 69.0 Å². The van der Waals surface area contributed by atoms with Gasteiger partial charge < -0.3 is 9.47 Å². The van der Waals surface area contributed by atoms with Crippen LogP contribution in [0.5, 0.6) is 11.5 Å². The van der Waals surface area contributed by atoms with Crippen LogP contribution in [0.25, 0.3) is 10.9 Å². The van der Waals surface area contributed by atoms with E-state index < -0.39 is 0 Å². The molecule has 1 heterocycles. The van der Waals surface area contributed by atoms with E-state index in [1.807, 2.05) is 31.2 Å². The van der Waals surface area contributed by atoms with Gasteiger partial charge in [0, 0.05) is 4.47 Å². The molecule has 0 saturated heterocycles. The van der Waals surface area contributed by atoms with Gasteiger partial charge >= 0.3 is 0 Å². The molecule has 0 radical (unpaired) electrons. The molecule has 0 saturated carbocycles. The Balaban J connectivity index is 1.64. The summed E-state index contributed by atoms with van der Waals surface area (Å²) in [6, 6.07) is 16.9. The number of aryl methyl sites for hydroxylation is 2. The Hall–Kier alpha value is -3.16. The van der Waals surface area contributed by atoms with Crippen LogP contribution in [0.1, 0.15) is 22.5 Å². The normalized spacial score (nSPS) is 11.3. The summed E-state index contributed by atoms with van der Waals surface area (Å²) in [5.74, 6) is 1.40. The van der Waals surface area contributed by atoms with Gasteiger partial charge in [-0.3, -0.25) is 4.79 Å². The molecule has 3 aromatic carbocycles. The van der Waals surface area contributed by atoms with E-state index in [-0.39, 0.29) is 5.56 Å². The van der Waals surface area contributed by atoms with Crippen molar-refractivity contribution in [1.29, 1.82) is 0 Å². The maximum Gasteiger partial charge on any atom is 0.282 e. The van der Waals surface area contributed by atoms with Gasteiger partial charge in [-0.25, -0.2) is 4.98 Å². The van der Waals surface area contributed by atoms with Crippen molar-refractivity contribution in [3.05, 3.63) is 97.0 Å². The van der Waals surface area contributed by atoms with Crippen LogP contribution in [-0.4, -0.2) is 23.0 Å². The smallest absolute Gasteiger partial charge is 0.282 e. The van der Waals surface area contributed by atoms with Crippen LogP contribution < -0.4 is 15.0 Å². The molecule has 0 unspecified atom stereocenters. The predicted octanol–water partition coefficient (Wildman–Crippen LogP) is 5.90. The summed E-state index contributed by atoms with van der Waals surface area (Å²) in [7, 11) is 1.55. The number of hydrogen-bond donors (Lipinski definition) is 0. The highest BCUT2D eigenvalue weighted by Crippen LogP contribution is 2.36. The Bertz CT molecular complexity index is 1430. The third-order valence-electron chi connectivity index (χ3n) is 5.01. The molecule has 0 aliphatic heterocycles. The number of methoxy groups -OCH3 is 1. The molecule has 0 amide bonds. The van der Waals surface area contributed by atoms with Crippen LogP contribution in [-0.2, 0) is 6.61 Å². The molecule has 0 spiro atoms. The molecule has 0 N–H and O–H groups in total. The minimum atomic E-state index is -0.258.